The van der Waals surface area contributed by atoms with Crippen LogP contribution >= 0.6 is 15.9 Å². The van der Waals surface area contributed by atoms with Crippen LogP contribution in [0.5, 0.6) is 0 Å². The Hall–Kier alpha value is -1.89. The van der Waals surface area contributed by atoms with Crippen LogP contribution in [0.2, 0.25) is 0 Å². The van der Waals surface area contributed by atoms with Gasteiger partial charge in [0.15, 0.2) is 0 Å². The normalized spacial score (nSPS) is 21.8. The Bertz CT molecular complexity index is 730. The molecule has 2 fully saturated rings. The molecule has 1 atom stereocenters. The number of esters is 1. The summed E-state index contributed by atoms with van der Waals surface area (Å²) in [7, 11) is 0. The van der Waals surface area contributed by atoms with E-state index in [-0.39, 0.29) is 30.8 Å². The van der Waals surface area contributed by atoms with Crippen molar-refractivity contribution in [3.63, 3.8) is 0 Å². The second kappa shape index (κ2) is 8.42. The van der Waals surface area contributed by atoms with Crippen LogP contribution in [0.15, 0.2) is 28.7 Å². The molecule has 2 amide bonds. The number of hydrogen-bond acceptors (Lipinski definition) is 4. The van der Waals surface area contributed by atoms with Gasteiger partial charge >= 0.3 is 5.97 Å². The van der Waals surface area contributed by atoms with Gasteiger partial charge in [-0.3, -0.25) is 9.59 Å². The molecule has 7 heteroatoms. The Labute approximate surface area is 167 Å². The summed E-state index contributed by atoms with van der Waals surface area (Å²) in [6, 6.07) is 7.46. The molecule has 1 N–H and O–H groups in total. The highest BCUT2D eigenvalue weighted by Gasteiger charge is 2.45. The van der Waals surface area contributed by atoms with Crippen molar-refractivity contribution >= 4 is 39.4 Å². The number of nitrogens with zero attached hydrogens (tertiary/aromatic N) is 1. The minimum Gasteiger partial charge on any atom is -0.464 e. The lowest BCUT2D eigenvalue weighted by Crippen LogP contribution is -2.57. The number of benzene rings is 1. The van der Waals surface area contributed by atoms with Gasteiger partial charge in [0.25, 0.3) is 0 Å². The molecule has 2 aliphatic rings. The van der Waals surface area contributed by atoms with Crippen molar-refractivity contribution in [3.05, 3.63) is 28.7 Å². The summed E-state index contributed by atoms with van der Waals surface area (Å²) in [4.78, 5) is 39.6. The number of para-hydroxylation sites is 1. The maximum atomic E-state index is 12.9. The van der Waals surface area contributed by atoms with Gasteiger partial charge in [0.2, 0.25) is 11.8 Å². The minimum absolute atomic E-state index is 0.0871. The zero-order valence-electron chi connectivity index (χ0n) is 15.5. The highest BCUT2D eigenvalue weighted by atomic mass is 79.9. The molecule has 0 radical (unpaired) electrons. The molecular weight excluding hydrogens is 412 g/mol. The van der Waals surface area contributed by atoms with Crippen molar-refractivity contribution in [1.82, 2.24) is 5.32 Å². The smallest absolute Gasteiger partial charge is 0.331 e. The van der Waals surface area contributed by atoms with Gasteiger partial charge in [0, 0.05) is 17.4 Å². The van der Waals surface area contributed by atoms with Crippen LogP contribution in [0.3, 0.4) is 0 Å². The van der Waals surface area contributed by atoms with Crippen LogP contribution in [0.4, 0.5) is 5.69 Å². The molecule has 1 saturated carbocycles. The van der Waals surface area contributed by atoms with E-state index in [0.717, 1.165) is 29.4 Å². The first-order valence-electron chi connectivity index (χ1n) is 9.51. The maximum absolute atomic E-state index is 12.9. The molecule has 0 aromatic heterocycles. The fourth-order valence-corrected chi connectivity index (χ4v) is 4.43. The summed E-state index contributed by atoms with van der Waals surface area (Å²) < 4.78 is 6.05. The molecule has 1 aliphatic heterocycles. The fourth-order valence-electron chi connectivity index (χ4n) is 3.93. The minimum atomic E-state index is -0.949. The number of rotatable bonds is 5. The van der Waals surface area contributed by atoms with E-state index in [2.05, 4.69) is 21.2 Å². The molecule has 3 rings (SSSR count). The zero-order chi connectivity index (χ0) is 19.4. The van der Waals surface area contributed by atoms with Gasteiger partial charge in [-0.05, 0) is 47.8 Å². The zero-order valence-corrected chi connectivity index (χ0v) is 17.1. The van der Waals surface area contributed by atoms with Crippen LogP contribution < -0.4 is 10.2 Å². The largest absolute Gasteiger partial charge is 0.464 e. The van der Waals surface area contributed by atoms with E-state index in [1.165, 1.54) is 0 Å². The van der Waals surface area contributed by atoms with Gasteiger partial charge in [-0.15, -0.1) is 0 Å². The lowest BCUT2D eigenvalue weighted by atomic mass is 9.81. The number of amides is 2. The first-order valence-corrected chi connectivity index (χ1v) is 10.3. The first-order chi connectivity index (χ1) is 13.0. The monoisotopic (exact) mass is 436 g/mol. The van der Waals surface area contributed by atoms with E-state index < -0.39 is 11.5 Å². The molecule has 1 aromatic rings. The predicted octanol–water partition coefficient (Wildman–Crippen LogP) is 3.18. The summed E-state index contributed by atoms with van der Waals surface area (Å²) in [6.07, 6.45) is 4.14. The summed E-state index contributed by atoms with van der Waals surface area (Å²) in [5, 5.41) is 2.96. The standard InChI is InChI=1S/C20H25BrN2O4/c1-2-27-19(26)20(10-6-3-7-11-20)22-18(25)14-12-17(24)23(13-14)16-9-5-4-8-15(16)21/h4-5,8-9,14H,2-3,6-7,10-13H2,1H3,(H,22,25). The predicted molar refractivity (Wildman–Crippen MR) is 105 cm³/mol. The molecule has 1 unspecified atom stereocenters. The molecule has 1 heterocycles. The molecule has 27 heavy (non-hydrogen) atoms. The van der Waals surface area contributed by atoms with Crippen LogP contribution in [0, 0.1) is 5.92 Å². The molecule has 0 spiro atoms. The number of anilines is 1. The number of ether oxygens (including phenoxy) is 1. The topological polar surface area (TPSA) is 75.7 Å². The lowest BCUT2D eigenvalue weighted by Gasteiger charge is -2.36. The third kappa shape index (κ3) is 4.18. The average Bonchev–Trinajstić information content (AvgIpc) is 3.05. The van der Waals surface area contributed by atoms with Gasteiger partial charge in [-0.2, -0.15) is 0 Å². The quantitative estimate of drug-likeness (QED) is 0.719. The Morgan fingerprint density at radius 1 is 1.26 bits per heavy atom. The highest BCUT2D eigenvalue weighted by molar-refractivity contribution is 9.10. The van der Waals surface area contributed by atoms with Gasteiger partial charge in [0.1, 0.15) is 5.54 Å². The first kappa shape index (κ1) is 19.9. The van der Waals surface area contributed by atoms with Crippen molar-refractivity contribution in [2.24, 2.45) is 5.92 Å². The maximum Gasteiger partial charge on any atom is 0.331 e. The number of carbonyl (C=O) groups is 3. The summed E-state index contributed by atoms with van der Waals surface area (Å²) in [5.74, 6) is -1.16. The van der Waals surface area contributed by atoms with E-state index in [4.69, 9.17) is 4.74 Å². The summed E-state index contributed by atoms with van der Waals surface area (Å²) in [5.41, 5.74) is -0.189. The highest BCUT2D eigenvalue weighted by Crippen LogP contribution is 2.33. The van der Waals surface area contributed by atoms with Crippen LogP contribution in [-0.2, 0) is 19.1 Å². The van der Waals surface area contributed by atoms with E-state index in [1.54, 1.807) is 11.8 Å². The third-order valence-corrected chi connectivity index (χ3v) is 6.05. The van der Waals surface area contributed by atoms with Gasteiger partial charge in [0.05, 0.1) is 18.2 Å². The average molecular weight is 437 g/mol. The van der Waals surface area contributed by atoms with E-state index >= 15 is 0 Å². The second-order valence-corrected chi connectivity index (χ2v) is 8.06. The number of carbonyl (C=O) groups excluding carboxylic acids is 3. The molecule has 1 aromatic carbocycles. The van der Waals surface area contributed by atoms with Crippen molar-refractivity contribution in [2.75, 3.05) is 18.1 Å². The van der Waals surface area contributed by atoms with E-state index in [1.807, 2.05) is 24.3 Å². The van der Waals surface area contributed by atoms with Gasteiger partial charge < -0.3 is 15.0 Å². The van der Waals surface area contributed by atoms with Crippen molar-refractivity contribution in [2.45, 2.75) is 51.0 Å². The van der Waals surface area contributed by atoms with Crippen molar-refractivity contribution in [1.29, 1.82) is 0 Å². The fraction of sp³-hybridized carbons (Fsp3) is 0.550. The van der Waals surface area contributed by atoms with Crippen LogP contribution in [0.25, 0.3) is 0 Å². The van der Waals surface area contributed by atoms with E-state index in [0.29, 0.717) is 19.4 Å². The number of hydrogen-bond donors (Lipinski definition) is 1. The van der Waals surface area contributed by atoms with Crippen molar-refractivity contribution < 1.29 is 19.1 Å². The second-order valence-electron chi connectivity index (χ2n) is 7.21. The van der Waals surface area contributed by atoms with Crippen molar-refractivity contribution in [3.8, 4) is 0 Å². The third-order valence-electron chi connectivity index (χ3n) is 5.37. The van der Waals surface area contributed by atoms with Crippen LogP contribution in [-0.4, -0.2) is 36.5 Å². The van der Waals surface area contributed by atoms with E-state index in [9.17, 15) is 14.4 Å². The molecule has 146 valence electrons. The number of halogens is 1. The molecule has 6 nitrogen and oxygen atoms in total. The molecular formula is C20H25BrN2O4. The Morgan fingerprint density at radius 3 is 2.63 bits per heavy atom. The van der Waals surface area contributed by atoms with Gasteiger partial charge in [-0.1, -0.05) is 31.4 Å². The lowest BCUT2D eigenvalue weighted by molar-refractivity contribution is -0.155. The molecule has 0 bridgehead atoms. The SMILES string of the molecule is CCOC(=O)C1(NC(=O)C2CC(=O)N(c3ccccc3Br)C2)CCCCC1. The summed E-state index contributed by atoms with van der Waals surface area (Å²) >= 11 is 3.46. The summed E-state index contributed by atoms with van der Waals surface area (Å²) in [6.45, 7) is 2.36. The van der Waals surface area contributed by atoms with Gasteiger partial charge in [-0.25, -0.2) is 4.79 Å². The Morgan fingerprint density at radius 2 is 1.96 bits per heavy atom. The Balaban J connectivity index is 1.73. The Kier molecular flexibility index (Phi) is 6.19. The molecule has 1 aliphatic carbocycles. The number of nitrogens with one attached hydrogen (secondary N) is 1. The molecule has 1 saturated heterocycles. The van der Waals surface area contributed by atoms with Crippen LogP contribution in [0.1, 0.15) is 45.4 Å².